The molecule has 0 saturated carbocycles. The van der Waals surface area contributed by atoms with E-state index in [2.05, 4.69) is 12.0 Å². The van der Waals surface area contributed by atoms with Gasteiger partial charge in [0.15, 0.2) is 0 Å². The molecule has 10 heteroatoms. The van der Waals surface area contributed by atoms with Crippen LogP contribution < -0.4 is 0 Å². The summed E-state index contributed by atoms with van der Waals surface area (Å²) in [7, 11) is 14.2. The second-order valence-electron chi connectivity index (χ2n) is 3.88. The first-order chi connectivity index (χ1) is 6.00. The molecule has 0 bridgehead atoms. The van der Waals surface area contributed by atoms with Crippen molar-refractivity contribution in [2.24, 2.45) is 0 Å². The van der Waals surface area contributed by atoms with Crippen LogP contribution in [0.15, 0.2) is 12.0 Å². The SMILES string of the molecule is B1BBBBB/C=C\BBBB1. The summed E-state index contributed by atoms with van der Waals surface area (Å²) in [5.74, 6) is 4.75. The Balaban J connectivity index is 2.10. The van der Waals surface area contributed by atoms with Gasteiger partial charge in [-0.3, -0.25) is 0 Å². The summed E-state index contributed by atoms with van der Waals surface area (Å²) in [5, 5.41) is 0. The zero-order valence-corrected chi connectivity index (χ0v) is 8.23. The monoisotopic (exact) mass is 146 g/mol. The maximum Gasteiger partial charge on any atom is 0.103 e. The Hall–Kier alpha value is 0.389. The molecule has 0 fully saturated rings. The van der Waals surface area contributed by atoms with Crippen LogP contribution in [0.2, 0.25) is 0 Å². The molecule has 0 atom stereocenters. The molecular weight excluding hydrogens is 132 g/mol. The minimum Gasteiger partial charge on any atom is -0.142 e. The van der Waals surface area contributed by atoms with Crippen molar-refractivity contribution < 1.29 is 0 Å². The lowest BCUT2D eigenvalue weighted by atomic mass is 8.88. The van der Waals surface area contributed by atoms with Gasteiger partial charge >= 0.3 is 0 Å². The quantitative estimate of drug-likeness (QED) is 0.297. The van der Waals surface area contributed by atoms with Crippen molar-refractivity contribution in [1.82, 2.24) is 0 Å². The molecular formula is C2H12B10. The van der Waals surface area contributed by atoms with E-state index in [0.29, 0.717) is 0 Å². The summed E-state index contributed by atoms with van der Waals surface area (Å²) in [6.45, 7) is 0. The van der Waals surface area contributed by atoms with Crippen LogP contribution in [-0.4, -0.2) is 70.8 Å². The molecule has 0 saturated heterocycles. The lowest BCUT2D eigenvalue weighted by Gasteiger charge is -1.93. The first-order valence-corrected chi connectivity index (χ1v) is 5.65. The average Bonchev–Trinajstić information content (AvgIpc) is 2.05. The first kappa shape index (κ1) is 10.5. The minimum absolute atomic E-state index is 1.32. The van der Waals surface area contributed by atoms with Crippen molar-refractivity contribution in [3.8, 4) is 0 Å². The number of hydrogen-bond donors (Lipinski definition) is 0. The van der Waals surface area contributed by atoms with Gasteiger partial charge in [0.2, 0.25) is 0 Å². The van der Waals surface area contributed by atoms with E-state index < -0.39 is 0 Å². The Morgan fingerprint density at radius 3 is 1.17 bits per heavy atom. The maximum absolute atomic E-state index is 2.38. The standard InChI is InChI=1S/C2H12B10/c1-2-4-6-8-10-12-11-9-7-5-3-1/h1-12H/b2-1-. The van der Waals surface area contributed by atoms with Gasteiger partial charge in [0.1, 0.15) is 14.3 Å². The van der Waals surface area contributed by atoms with Crippen LogP contribution >= 0.6 is 0 Å². The molecule has 1 aliphatic heterocycles. The number of hydrogen-bond acceptors (Lipinski definition) is 0. The Labute approximate surface area is 83.1 Å². The third kappa shape index (κ3) is 5.97. The molecule has 1 aliphatic rings. The molecule has 0 aromatic heterocycles. The Morgan fingerprint density at radius 1 is 0.417 bits per heavy atom. The zero-order valence-electron chi connectivity index (χ0n) is 8.23. The summed E-state index contributed by atoms with van der Waals surface area (Å²) >= 11 is 0. The third-order valence-electron chi connectivity index (χ3n) is 2.66. The van der Waals surface area contributed by atoms with Gasteiger partial charge in [0.05, 0.1) is 14.1 Å². The van der Waals surface area contributed by atoms with Crippen LogP contribution in [0.5, 0.6) is 0 Å². The molecule has 0 aliphatic carbocycles. The van der Waals surface area contributed by atoms with Gasteiger partial charge in [-0.25, -0.2) is 0 Å². The molecule has 0 aromatic rings. The molecule has 0 radical (unpaired) electrons. The highest BCUT2D eigenvalue weighted by atomic mass is 13.2. The minimum atomic E-state index is 1.32. The van der Waals surface area contributed by atoms with Crippen molar-refractivity contribution in [3.63, 3.8) is 0 Å². The second-order valence-corrected chi connectivity index (χ2v) is 3.88. The van der Waals surface area contributed by atoms with E-state index in [1.165, 1.54) is 70.8 Å². The summed E-state index contributed by atoms with van der Waals surface area (Å²) in [5.41, 5.74) is 0. The van der Waals surface area contributed by atoms with Crippen LogP contribution in [0.3, 0.4) is 0 Å². The molecule has 0 N–H and O–H groups in total. The Morgan fingerprint density at radius 2 is 0.750 bits per heavy atom. The predicted octanol–water partition coefficient (Wildman–Crippen LogP) is -5.93. The predicted molar refractivity (Wildman–Crippen MR) is 80.6 cm³/mol. The fourth-order valence-electron chi connectivity index (χ4n) is 1.82. The third-order valence-corrected chi connectivity index (χ3v) is 2.66. The topological polar surface area (TPSA) is 0 Å². The molecule has 0 unspecified atom stereocenters. The van der Waals surface area contributed by atoms with Crippen molar-refractivity contribution in [2.75, 3.05) is 0 Å². The maximum atomic E-state index is 2.38. The average molecular weight is 144 g/mol. The summed E-state index contributed by atoms with van der Waals surface area (Å²) in [6.07, 6.45) is 0. The van der Waals surface area contributed by atoms with E-state index in [1.807, 2.05) is 0 Å². The van der Waals surface area contributed by atoms with Crippen molar-refractivity contribution in [3.05, 3.63) is 12.0 Å². The van der Waals surface area contributed by atoms with Gasteiger partial charge in [-0.1, -0.05) is 0 Å². The highest BCUT2D eigenvalue weighted by Gasteiger charge is 2.01. The molecule has 0 amide bonds. The second kappa shape index (κ2) is 8.01. The van der Waals surface area contributed by atoms with Crippen molar-refractivity contribution >= 4 is 70.8 Å². The van der Waals surface area contributed by atoms with E-state index >= 15 is 0 Å². The number of rotatable bonds is 0. The van der Waals surface area contributed by atoms with Crippen LogP contribution in [-0.2, 0) is 0 Å². The van der Waals surface area contributed by atoms with Gasteiger partial charge in [-0.05, 0) is 0 Å². The largest absolute Gasteiger partial charge is 0.142 e. The van der Waals surface area contributed by atoms with Crippen molar-refractivity contribution in [2.45, 2.75) is 0 Å². The van der Waals surface area contributed by atoms with E-state index in [9.17, 15) is 0 Å². The fraction of sp³-hybridized carbons (Fsp3) is 0. The van der Waals surface area contributed by atoms with Gasteiger partial charge in [-0.15, -0.1) is 12.0 Å². The van der Waals surface area contributed by atoms with Crippen LogP contribution in [0.25, 0.3) is 0 Å². The lowest BCUT2D eigenvalue weighted by molar-refractivity contribution is 2.47. The normalized spacial score (nSPS) is 18.7. The molecule has 50 valence electrons. The highest BCUT2D eigenvalue weighted by Crippen LogP contribution is 1.69. The van der Waals surface area contributed by atoms with Crippen LogP contribution in [0, 0.1) is 0 Å². The Kier molecular flexibility index (Phi) is 6.99. The summed E-state index contributed by atoms with van der Waals surface area (Å²) in [4.78, 5) is 0. The Bertz CT molecular complexity index is 107. The molecule has 12 heavy (non-hydrogen) atoms. The van der Waals surface area contributed by atoms with E-state index in [1.54, 1.807) is 0 Å². The summed E-state index contributed by atoms with van der Waals surface area (Å²) in [6, 6.07) is 0. The van der Waals surface area contributed by atoms with Crippen molar-refractivity contribution in [1.29, 1.82) is 0 Å². The van der Waals surface area contributed by atoms with Gasteiger partial charge < -0.3 is 0 Å². The van der Waals surface area contributed by atoms with Gasteiger partial charge in [0, 0.05) is 42.4 Å². The zero-order chi connectivity index (χ0) is 8.49. The summed E-state index contributed by atoms with van der Waals surface area (Å²) < 4.78 is 0. The first-order valence-electron chi connectivity index (χ1n) is 5.65. The van der Waals surface area contributed by atoms with Crippen LogP contribution in [0.4, 0.5) is 0 Å². The van der Waals surface area contributed by atoms with E-state index in [4.69, 9.17) is 0 Å². The highest BCUT2D eigenvalue weighted by molar-refractivity contribution is 7.69. The fourth-order valence-corrected chi connectivity index (χ4v) is 1.82. The van der Waals surface area contributed by atoms with Gasteiger partial charge in [-0.2, -0.15) is 0 Å². The lowest BCUT2D eigenvalue weighted by Crippen LogP contribution is -2.33. The molecule has 1 rings (SSSR count). The van der Waals surface area contributed by atoms with E-state index in [-0.39, 0.29) is 0 Å². The molecule has 0 aromatic carbocycles. The molecule has 0 spiro atoms. The molecule has 1 heterocycles. The smallest absolute Gasteiger partial charge is 0.103 e. The molecule has 0 nitrogen and oxygen atoms in total. The van der Waals surface area contributed by atoms with Gasteiger partial charge in [0.25, 0.3) is 0 Å². The van der Waals surface area contributed by atoms with E-state index in [0.717, 1.165) is 0 Å². The van der Waals surface area contributed by atoms with Crippen LogP contribution in [0.1, 0.15) is 0 Å².